The first kappa shape index (κ1) is 26.4. The minimum absolute atomic E-state index is 0.0568. The van der Waals surface area contributed by atoms with Gasteiger partial charge in [0, 0.05) is 12.1 Å². The van der Waals surface area contributed by atoms with Gasteiger partial charge >= 0.3 is 0 Å². The summed E-state index contributed by atoms with van der Waals surface area (Å²) in [6.45, 7) is 1.66. The lowest BCUT2D eigenvalue weighted by Gasteiger charge is -2.13. The molecule has 0 spiro atoms. The maximum atomic E-state index is 12.5. The van der Waals surface area contributed by atoms with Gasteiger partial charge in [0.2, 0.25) is 5.75 Å². The van der Waals surface area contributed by atoms with Gasteiger partial charge in [-0.15, -0.1) is 0 Å². The molecule has 0 atom stereocenters. The summed E-state index contributed by atoms with van der Waals surface area (Å²) in [7, 11) is 4.68. The Labute approximate surface area is 222 Å². The van der Waals surface area contributed by atoms with Crippen LogP contribution in [0.4, 0.5) is 10.8 Å². The molecule has 11 heteroatoms. The number of aromatic nitrogens is 1. The first-order chi connectivity index (χ1) is 18.3. The molecule has 0 aliphatic rings. The fraction of sp³-hybridized carbons (Fsp3) is 0.185. The quantitative estimate of drug-likeness (QED) is 0.155. The van der Waals surface area contributed by atoms with E-state index in [1.54, 1.807) is 27.4 Å². The third-order valence-corrected chi connectivity index (χ3v) is 6.51. The van der Waals surface area contributed by atoms with E-state index in [1.165, 1.54) is 23.5 Å². The highest BCUT2D eigenvalue weighted by Gasteiger charge is 2.14. The van der Waals surface area contributed by atoms with Crippen LogP contribution in [0.15, 0.2) is 48.5 Å². The van der Waals surface area contributed by atoms with Gasteiger partial charge in [-0.3, -0.25) is 20.2 Å². The number of amides is 1. The minimum atomic E-state index is -0.485. The number of nitrogens with one attached hydrogen (secondary N) is 1. The molecule has 0 bridgehead atoms. The highest BCUT2D eigenvalue weighted by molar-refractivity contribution is 7.22. The van der Waals surface area contributed by atoms with E-state index in [2.05, 4.69) is 10.3 Å². The number of carbonyl (C=O) groups excluding carboxylic acids is 1. The van der Waals surface area contributed by atoms with Gasteiger partial charge < -0.3 is 18.9 Å². The number of carbonyl (C=O) groups is 1. The lowest BCUT2D eigenvalue weighted by Crippen LogP contribution is -2.20. The van der Waals surface area contributed by atoms with Crippen LogP contribution in [0.25, 0.3) is 22.4 Å². The van der Waals surface area contributed by atoms with Crippen molar-refractivity contribution in [3.63, 3.8) is 0 Å². The number of anilines is 1. The topological polar surface area (TPSA) is 122 Å². The molecule has 38 heavy (non-hydrogen) atoms. The molecule has 1 N–H and O–H groups in total. The standard InChI is InChI=1S/C27H25N3O7S/c1-16-5-6-17(7-8-18-12-22(34-2)26(36-4)23(13-18)35-3)11-21(16)37-15-25(31)29-27-28-20-14-19(30(32)33)9-10-24(20)38-27/h5-14H,15H2,1-4H3,(H,28,29,31)/b8-7-. The van der Waals surface area contributed by atoms with E-state index in [0.717, 1.165) is 21.4 Å². The van der Waals surface area contributed by atoms with Gasteiger partial charge in [-0.1, -0.05) is 35.6 Å². The Balaban J connectivity index is 1.43. The Morgan fingerprint density at radius 3 is 2.32 bits per heavy atom. The van der Waals surface area contributed by atoms with Gasteiger partial charge in [-0.2, -0.15) is 0 Å². The molecule has 196 valence electrons. The van der Waals surface area contributed by atoms with E-state index >= 15 is 0 Å². The van der Waals surface area contributed by atoms with Crippen molar-refractivity contribution >= 4 is 50.4 Å². The summed E-state index contributed by atoms with van der Waals surface area (Å²) in [4.78, 5) is 27.2. The average molecular weight is 536 g/mol. The van der Waals surface area contributed by atoms with Crippen molar-refractivity contribution in [3.05, 3.63) is 75.3 Å². The number of fused-ring (bicyclic) bond motifs is 1. The highest BCUT2D eigenvalue weighted by Crippen LogP contribution is 2.38. The summed E-state index contributed by atoms with van der Waals surface area (Å²) < 4.78 is 22.7. The fourth-order valence-corrected chi connectivity index (χ4v) is 4.51. The van der Waals surface area contributed by atoms with E-state index in [9.17, 15) is 14.9 Å². The van der Waals surface area contributed by atoms with E-state index < -0.39 is 10.8 Å². The van der Waals surface area contributed by atoms with Crippen molar-refractivity contribution < 1.29 is 28.7 Å². The molecule has 0 saturated heterocycles. The third-order valence-electron chi connectivity index (χ3n) is 5.55. The number of benzene rings is 3. The maximum absolute atomic E-state index is 12.5. The SMILES string of the molecule is COc1cc(/C=C\c2ccc(C)c(OCC(=O)Nc3nc4cc([N+](=O)[O-])ccc4s3)c2)cc(OC)c1OC. The Bertz CT molecular complexity index is 1510. The average Bonchev–Trinajstić information content (AvgIpc) is 3.32. The van der Waals surface area contributed by atoms with Crippen LogP contribution in [0.2, 0.25) is 0 Å². The van der Waals surface area contributed by atoms with Gasteiger partial charge in [-0.05, 0) is 47.9 Å². The molecule has 1 amide bonds. The molecule has 4 aromatic rings. The molecule has 0 unspecified atom stereocenters. The van der Waals surface area contributed by atoms with E-state index in [1.807, 2.05) is 49.4 Å². The van der Waals surface area contributed by atoms with Crippen LogP contribution in [0.3, 0.4) is 0 Å². The molecular formula is C27H25N3O7S. The molecule has 0 radical (unpaired) electrons. The maximum Gasteiger partial charge on any atom is 0.271 e. The van der Waals surface area contributed by atoms with Gasteiger partial charge in [0.15, 0.2) is 23.2 Å². The van der Waals surface area contributed by atoms with Crippen molar-refractivity contribution in [2.75, 3.05) is 33.3 Å². The van der Waals surface area contributed by atoms with Gasteiger partial charge in [0.25, 0.3) is 11.6 Å². The second-order valence-electron chi connectivity index (χ2n) is 8.08. The number of hydrogen-bond acceptors (Lipinski definition) is 9. The first-order valence-electron chi connectivity index (χ1n) is 11.4. The van der Waals surface area contributed by atoms with Crippen LogP contribution in [0, 0.1) is 17.0 Å². The summed E-state index contributed by atoms with van der Waals surface area (Å²) >= 11 is 1.23. The largest absolute Gasteiger partial charge is 0.493 e. The third kappa shape index (κ3) is 6.01. The van der Waals surface area contributed by atoms with Crippen molar-refractivity contribution in [2.45, 2.75) is 6.92 Å². The van der Waals surface area contributed by atoms with Gasteiger partial charge in [0.05, 0.1) is 36.5 Å². The number of nitro groups is 1. The number of hydrogen-bond donors (Lipinski definition) is 1. The number of thiazole rings is 1. The Kier molecular flexibility index (Phi) is 8.07. The van der Waals surface area contributed by atoms with Crippen LogP contribution in [0.1, 0.15) is 16.7 Å². The molecule has 0 fully saturated rings. The molecule has 10 nitrogen and oxygen atoms in total. The Morgan fingerprint density at radius 2 is 1.66 bits per heavy atom. The number of methoxy groups -OCH3 is 3. The molecule has 0 aliphatic heterocycles. The predicted molar refractivity (Wildman–Crippen MR) is 147 cm³/mol. The summed E-state index contributed by atoms with van der Waals surface area (Å²) in [6, 6.07) is 13.8. The fourth-order valence-electron chi connectivity index (χ4n) is 3.65. The molecular weight excluding hydrogens is 510 g/mol. The number of aryl methyl sites for hydroxylation is 1. The predicted octanol–water partition coefficient (Wildman–Crippen LogP) is 5.73. The van der Waals surface area contributed by atoms with Gasteiger partial charge in [-0.25, -0.2) is 4.98 Å². The number of nitrogens with zero attached hydrogens (tertiary/aromatic N) is 2. The normalized spacial score (nSPS) is 10.9. The second-order valence-corrected chi connectivity index (χ2v) is 9.11. The van der Waals surface area contributed by atoms with E-state index in [0.29, 0.717) is 33.6 Å². The number of nitro benzene ring substituents is 1. The number of non-ortho nitro benzene ring substituents is 1. The Morgan fingerprint density at radius 1 is 0.974 bits per heavy atom. The molecule has 1 heterocycles. The van der Waals surface area contributed by atoms with Crippen molar-refractivity contribution in [1.29, 1.82) is 0 Å². The number of rotatable bonds is 10. The number of ether oxygens (including phenoxy) is 4. The molecule has 1 aromatic heterocycles. The van der Waals surface area contributed by atoms with Gasteiger partial charge in [0.1, 0.15) is 5.75 Å². The molecule has 3 aromatic carbocycles. The van der Waals surface area contributed by atoms with Crippen LogP contribution < -0.4 is 24.3 Å². The lowest BCUT2D eigenvalue weighted by molar-refractivity contribution is -0.384. The van der Waals surface area contributed by atoms with E-state index in [4.69, 9.17) is 18.9 Å². The van der Waals surface area contributed by atoms with Crippen LogP contribution in [-0.2, 0) is 4.79 Å². The molecule has 0 saturated carbocycles. The van der Waals surface area contributed by atoms with E-state index in [-0.39, 0.29) is 12.3 Å². The minimum Gasteiger partial charge on any atom is -0.493 e. The van der Waals surface area contributed by atoms with Crippen LogP contribution in [0.5, 0.6) is 23.0 Å². The van der Waals surface area contributed by atoms with Crippen LogP contribution in [-0.4, -0.2) is 43.8 Å². The summed E-state index contributed by atoms with van der Waals surface area (Å²) in [5.41, 5.74) is 2.98. The zero-order chi connectivity index (χ0) is 27.2. The highest BCUT2D eigenvalue weighted by atomic mass is 32.1. The Hall–Kier alpha value is -4.64. The smallest absolute Gasteiger partial charge is 0.271 e. The zero-order valence-corrected chi connectivity index (χ0v) is 22.0. The second kappa shape index (κ2) is 11.6. The summed E-state index contributed by atoms with van der Waals surface area (Å²) in [6.07, 6.45) is 3.82. The molecule has 4 rings (SSSR count). The molecule has 0 aliphatic carbocycles. The monoisotopic (exact) mass is 535 g/mol. The zero-order valence-electron chi connectivity index (χ0n) is 21.1. The van der Waals surface area contributed by atoms with Crippen LogP contribution >= 0.6 is 11.3 Å². The van der Waals surface area contributed by atoms with Crippen molar-refractivity contribution in [3.8, 4) is 23.0 Å². The lowest BCUT2D eigenvalue weighted by atomic mass is 10.1. The first-order valence-corrected chi connectivity index (χ1v) is 12.2. The summed E-state index contributed by atoms with van der Waals surface area (Å²) in [5.74, 6) is 1.79. The van der Waals surface area contributed by atoms with Crippen molar-refractivity contribution in [1.82, 2.24) is 4.98 Å². The van der Waals surface area contributed by atoms with Crippen molar-refractivity contribution in [2.24, 2.45) is 0 Å². The summed E-state index contributed by atoms with van der Waals surface area (Å²) in [5, 5.41) is 14.0.